The first-order valence-corrected chi connectivity index (χ1v) is 11.1. The molecule has 29 heavy (non-hydrogen) atoms. The molecule has 0 aromatic heterocycles. The third kappa shape index (κ3) is 15.1. The molecule has 1 saturated carbocycles. The van der Waals surface area contributed by atoms with E-state index in [0.29, 0.717) is 13.0 Å². The Labute approximate surface area is 178 Å². The molecule has 2 rings (SSSR count). The van der Waals surface area contributed by atoms with Crippen LogP contribution in [0.3, 0.4) is 0 Å². The second-order valence-corrected chi connectivity index (χ2v) is 7.67. The van der Waals surface area contributed by atoms with E-state index < -0.39 is 0 Å². The van der Waals surface area contributed by atoms with Crippen molar-refractivity contribution in [3.63, 3.8) is 0 Å². The van der Waals surface area contributed by atoms with Gasteiger partial charge in [0.2, 0.25) is 5.91 Å². The van der Waals surface area contributed by atoms with Gasteiger partial charge in [-0.25, -0.2) is 0 Å². The van der Waals surface area contributed by atoms with E-state index >= 15 is 0 Å². The van der Waals surface area contributed by atoms with Crippen LogP contribution in [-0.2, 0) is 19.1 Å². The van der Waals surface area contributed by atoms with E-state index in [2.05, 4.69) is 26.1 Å². The Bertz CT molecular complexity index is 422. The lowest BCUT2D eigenvalue weighted by Crippen LogP contribution is -2.45. The average molecular weight is 416 g/mol. The number of nitrogens with zero attached hydrogens (tertiary/aromatic N) is 1. The molecule has 0 spiro atoms. The summed E-state index contributed by atoms with van der Waals surface area (Å²) in [5.74, 6) is 0.781. The molecule has 172 valence electrons. The predicted octanol–water partition coefficient (Wildman–Crippen LogP) is 2.91. The van der Waals surface area contributed by atoms with Crippen LogP contribution in [0.25, 0.3) is 0 Å². The average Bonchev–Trinajstić information content (AvgIpc) is 3.20. The third-order valence-corrected chi connectivity index (χ3v) is 4.27. The van der Waals surface area contributed by atoms with Crippen LogP contribution in [0.2, 0.25) is 0 Å². The molecule has 1 atom stereocenters. The summed E-state index contributed by atoms with van der Waals surface area (Å²) >= 11 is 0. The number of Topliss-reactive ketones (excluding diaryl/α,β-unsaturated/α-hetero) is 1. The van der Waals surface area contributed by atoms with E-state index in [1.807, 2.05) is 13.8 Å². The lowest BCUT2D eigenvalue weighted by molar-refractivity contribution is -0.136. The number of hydrogen-bond acceptors (Lipinski definition) is 6. The maximum atomic E-state index is 11.5. The molecule has 1 aliphatic carbocycles. The van der Waals surface area contributed by atoms with Crippen LogP contribution >= 0.6 is 0 Å². The first kappa shape index (κ1) is 29.7. The number of ether oxygens (including phenoxy) is 1. The number of carbonyl (C=O) groups excluding carboxylic acids is 3. The van der Waals surface area contributed by atoms with Crippen molar-refractivity contribution in [2.75, 3.05) is 26.7 Å². The van der Waals surface area contributed by atoms with Crippen LogP contribution in [0, 0.1) is 5.92 Å². The van der Waals surface area contributed by atoms with Crippen molar-refractivity contribution >= 4 is 18.2 Å². The lowest BCUT2D eigenvalue weighted by atomic mass is 9.98. The predicted molar refractivity (Wildman–Crippen MR) is 119 cm³/mol. The normalized spacial score (nSPS) is 18.3. The van der Waals surface area contributed by atoms with E-state index in [0.717, 1.165) is 31.6 Å². The van der Waals surface area contributed by atoms with E-state index in [1.165, 1.54) is 19.3 Å². The van der Waals surface area contributed by atoms with Gasteiger partial charge in [-0.3, -0.25) is 14.4 Å². The monoisotopic (exact) mass is 415 g/mol. The first-order valence-electron chi connectivity index (χ1n) is 11.1. The molecule has 1 heterocycles. The van der Waals surface area contributed by atoms with Crippen molar-refractivity contribution in [1.82, 2.24) is 10.2 Å². The van der Waals surface area contributed by atoms with Gasteiger partial charge >= 0.3 is 0 Å². The highest BCUT2D eigenvalue weighted by Crippen LogP contribution is 2.19. The minimum atomic E-state index is -0.277. The number of amides is 1. The van der Waals surface area contributed by atoms with Gasteiger partial charge in [-0.1, -0.05) is 41.0 Å². The topological polar surface area (TPSA) is 102 Å². The number of likely N-dealkylation sites (N-methyl/N-ethyl adjacent to an activating group) is 1. The Kier molecular flexibility index (Phi) is 20.3. The Morgan fingerprint density at radius 2 is 1.66 bits per heavy atom. The molecule has 2 fully saturated rings. The Hall–Kier alpha value is -1.47. The quantitative estimate of drug-likeness (QED) is 0.647. The molecule has 0 bridgehead atoms. The van der Waals surface area contributed by atoms with E-state index in [-0.39, 0.29) is 36.9 Å². The van der Waals surface area contributed by atoms with Gasteiger partial charge in [0.1, 0.15) is 6.10 Å². The number of likely N-dealkylation sites (tertiary alicyclic amines) is 1. The Morgan fingerprint density at radius 3 is 2.10 bits per heavy atom. The molecule has 2 aliphatic rings. The molecular weight excluding hydrogens is 370 g/mol. The maximum absolute atomic E-state index is 11.5. The minimum Gasteiger partial charge on any atom is -0.465 e. The summed E-state index contributed by atoms with van der Waals surface area (Å²) in [5.41, 5.74) is 5.29. The van der Waals surface area contributed by atoms with Gasteiger partial charge in [-0.15, -0.1) is 0 Å². The highest BCUT2D eigenvalue weighted by atomic mass is 16.5. The molecule has 0 radical (unpaired) electrons. The van der Waals surface area contributed by atoms with Crippen molar-refractivity contribution in [1.29, 1.82) is 0 Å². The number of nitrogens with one attached hydrogen (secondary N) is 1. The zero-order valence-electron chi connectivity index (χ0n) is 19.5. The van der Waals surface area contributed by atoms with Crippen LogP contribution in [0.4, 0.5) is 0 Å². The van der Waals surface area contributed by atoms with Gasteiger partial charge in [0.25, 0.3) is 6.47 Å². The van der Waals surface area contributed by atoms with Crippen LogP contribution < -0.4 is 11.1 Å². The summed E-state index contributed by atoms with van der Waals surface area (Å²) in [6, 6.07) is -0.277. The van der Waals surface area contributed by atoms with Gasteiger partial charge in [-0.05, 0) is 51.5 Å². The van der Waals surface area contributed by atoms with E-state index in [9.17, 15) is 14.4 Å². The van der Waals surface area contributed by atoms with Crippen molar-refractivity contribution in [3.8, 4) is 0 Å². The number of rotatable bonds is 6. The minimum absolute atomic E-state index is 0.0169. The van der Waals surface area contributed by atoms with Crippen LogP contribution in [0.15, 0.2) is 0 Å². The van der Waals surface area contributed by atoms with Crippen molar-refractivity contribution < 1.29 is 19.1 Å². The molecule has 7 nitrogen and oxygen atoms in total. The van der Waals surface area contributed by atoms with Gasteiger partial charge < -0.3 is 20.7 Å². The Balaban J connectivity index is 0. The first-order chi connectivity index (χ1) is 13.9. The molecular formula is C22H45N3O4. The van der Waals surface area contributed by atoms with Gasteiger partial charge in [0.05, 0.1) is 19.1 Å². The summed E-state index contributed by atoms with van der Waals surface area (Å²) in [5, 5.41) is 2.79. The van der Waals surface area contributed by atoms with E-state index in [1.54, 1.807) is 11.9 Å². The van der Waals surface area contributed by atoms with Gasteiger partial charge in [0, 0.05) is 6.54 Å². The van der Waals surface area contributed by atoms with Crippen LogP contribution in [0.5, 0.6) is 0 Å². The zero-order valence-corrected chi connectivity index (χ0v) is 19.5. The highest BCUT2D eigenvalue weighted by Gasteiger charge is 2.32. The molecule has 3 N–H and O–H groups in total. The number of carbonyl (C=O) groups is 3. The fraction of sp³-hybridized carbons (Fsp3) is 0.864. The fourth-order valence-electron chi connectivity index (χ4n) is 3.07. The molecule has 1 unspecified atom stereocenters. The summed E-state index contributed by atoms with van der Waals surface area (Å²) < 4.78 is 4.80. The summed E-state index contributed by atoms with van der Waals surface area (Å²) in [4.78, 5) is 34.4. The SMILES string of the molecule is CC.CC(C)C.CNCC(=O)N1CCCC1C(=O)CN.O=COC1CCCCC1. The van der Waals surface area contributed by atoms with Gasteiger partial charge in [-0.2, -0.15) is 0 Å². The molecule has 1 saturated heterocycles. The molecule has 1 amide bonds. The third-order valence-electron chi connectivity index (χ3n) is 4.27. The molecule has 0 aromatic carbocycles. The molecule has 1 aliphatic heterocycles. The lowest BCUT2D eigenvalue weighted by Gasteiger charge is -2.23. The highest BCUT2D eigenvalue weighted by molar-refractivity contribution is 5.91. The van der Waals surface area contributed by atoms with Crippen LogP contribution in [0.1, 0.15) is 79.6 Å². The number of ketones is 1. The molecule has 7 heteroatoms. The second kappa shape index (κ2) is 19.8. The van der Waals surface area contributed by atoms with Crippen molar-refractivity contribution in [2.45, 2.75) is 91.7 Å². The largest absolute Gasteiger partial charge is 0.465 e. The fourth-order valence-corrected chi connectivity index (χ4v) is 3.07. The van der Waals surface area contributed by atoms with Crippen LogP contribution in [-0.4, -0.2) is 61.9 Å². The maximum Gasteiger partial charge on any atom is 0.293 e. The summed E-state index contributed by atoms with van der Waals surface area (Å²) in [6.45, 7) is 12.1. The summed E-state index contributed by atoms with van der Waals surface area (Å²) in [7, 11) is 1.72. The molecule has 0 aromatic rings. The zero-order chi connectivity index (χ0) is 22.7. The van der Waals surface area contributed by atoms with Crippen molar-refractivity contribution in [2.24, 2.45) is 11.7 Å². The second-order valence-electron chi connectivity index (χ2n) is 7.67. The number of hydrogen-bond donors (Lipinski definition) is 2. The summed E-state index contributed by atoms with van der Waals surface area (Å²) in [6.07, 6.45) is 7.76. The Morgan fingerprint density at radius 1 is 1.10 bits per heavy atom. The standard InChI is InChI=1S/C9H17N3O2.C7H12O2.C4H10.C2H6/c1-11-6-9(14)12-4-2-3-7(12)8(13)5-10;8-6-9-7-4-2-1-3-5-7;1-4(2)3;1-2/h7,11H,2-6,10H2,1H3;6-7H,1-5H2;4H,1-3H3;1-2H3. The van der Waals surface area contributed by atoms with Gasteiger partial charge in [0.15, 0.2) is 5.78 Å². The van der Waals surface area contributed by atoms with E-state index in [4.69, 9.17) is 10.5 Å². The smallest absolute Gasteiger partial charge is 0.293 e. The van der Waals surface area contributed by atoms with Crippen molar-refractivity contribution in [3.05, 3.63) is 0 Å². The number of nitrogens with two attached hydrogens (primary N) is 1.